The van der Waals surface area contributed by atoms with Crippen LogP contribution in [0.4, 0.5) is 0 Å². The van der Waals surface area contributed by atoms with Crippen LogP contribution in [-0.4, -0.2) is 142 Å². The van der Waals surface area contributed by atoms with Gasteiger partial charge in [0.25, 0.3) is 0 Å². The number of esters is 1. The molecule has 14 heteroatoms. The fourth-order valence-electron chi connectivity index (χ4n) is 9.32. The maximum Gasteiger partial charge on any atom is 0.306 e. The highest BCUT2D eigenvalue weighted by molar-refractivity contribution is 5.69. The van der Waals surface area contributed by atoms with Crippen LogP contribution in [0.2, 0.25) is 0 Å². The minimum atomic E-state index is -1.71. The van der Waals surface area contributed by atoms with Gasteiger partial charge in [0, 0.05) is 13.0 Å². The van der Waals surface area contributed by atoms with Gasteiger partial charge in [-0.2, -0.15) is 0 Å². The van der Waals surface area contributed by atoms with Crippen LogP contribution in [0.3, 0.4) is 0 Å². The normalized spacial score (nSPS) is 24.9. The molecule has 2 rings (SSSR count). The van der Waals surface area contributed by atoms with E-state index in [1.165, 1.54) is 122 Å². The summed E-state index contributed by atoms with van der Waals surface area (Å²) in [4.78, 5) is 13.1. The highest BCUT2D eigenvalue weighted by Crippen LogP contribution is 2.27. The summed E-state index contributed by atoms with van der Waals surface area (Å²) >= 11 is 0. The molecule has 0 aromatic heterocycles. The quantitative estimate of drug-likeness (QED) is 0.0172. The number of unbranched alkanes of at least 4 members (excludes halogenated alkanes) is 25. The number of carbonyl (C=O) groups is 1. The van der Waals surface area contributed by atoms with Crippen LogP contribution >= 0.6 is 0 Å². The molecule has 0 aliphatic carbocycles. The molecule has 0 amide bonds. The molecule has 2 fully saturated rings. The molecule has 0 radical (unpaired) electrons. The van der Waals surface area contributed by atoms with Crippen LogP contribution in [0.15, 0.2) is 60.8 Å². The molecular weight excluding hydrogens is 969 g/mol. The van der Waals surface area contributed by atoms with Crippen LogP contribution in [0.5, 0.6) is 0 Å². The smallest absolute Gasteiger partial charge is 0.306 e. The van der Waals surface area contributed by atoms with Gasteiger partial charge in [0.05, 0.1) is 26.4 Å². The Hall–Kier alpha value is -2.31. The van der Waals surface area contributed by atoms with E-state index in [-0.39, 0.29) is 19.6 Å². The lowest BCUT2D eigenvalue weighted by molar-refractivity contribution is -0.332. The first-order valence-electron chi connectivity index (χ1n) is 30.4. The molecule has 0 bridgehead atoms. The van der Waals surface area contributed by atoms with Crippen LogP contribution in [-0.2, 0) is 33.2 Å². The van der Waals surface area contributed by atoms with Crippen molar-refractivity contribution in [2.45, 2.75) is 293 Å². The maximum atomic E-state index is 13.1. The molecule has 11 atom stereocenters. The van der Waals surface area contributed by atoms with E-state index in [4.69, 9.17) is 28.4 Å². The summed E-state index contributed by atoms with van der Waals surface area (Å²) in [5.41, 5.74) is 0. The van der Waals surface area contributed by atoms with Crippen LogP contribution in [0.25, 0.3) is 0 Å². The predicted octanol–water partition coefficient (Wildman–Crippen LogP) is 11.2. The van der Waals surface area contributed by atoms with E-state index in [1.807, 2.05) is 0 Å². The number of aliphatic hydroxyl groups excluding tert-OH is 7. The lowest BCUT2D eigenvalue weighted by atomic mass is 9.98. The molecule has 0 aromatic carbocycles. The maximum absolute atomic E-state index is 13.1. The molecule has 11 unspecified atom stereocenters. The zero-order chi connectivity index (χ0) is 55.1. The van der Waals surface area contributed by atoms with Gasteiger partial charge in [-0.25, -0.2) is 0 Å². The van der Waals surface area contributed by atoms with Crippen molar-refractivity contribution >= 4 is 5.97 Å². The Bertz CT molecular complexity index is 1490. The second-order valence-electron chi connectivity index (χ2n) is 21.2. The van der Waals surface area contributed by atoms with Gasteiger partial charge in [-0.1, -0.05) is 197 Å². The topological polar surface area (TPSA) is 214 Å². The Morgan fingerprint density at radius 1 is 0.434 bits per heavy atom. The standard InChI is InChI=1S/C62H110O14/c1-3-5-7-9-11-13-15-17-19-21-22-23-24-25-26-27-28-29-30-32-34-36-38-40-42-44-46-71-48-51(74-54(64)45-43-41-39-37-35-33-31-20-18-16-14-12-10-8-6-4-2)49-72-61-60(70)58(68)56(66)53(76-61)50-73-62-59(69)57(67)55(65)52(47-63)75-62/h14-17,20-22,24-25,31,51-53,55-63,65-70H,3-13,18-19,23,26-30,32-50H2,1-2H3/b16-14-,17-15-,22-21-,25-24-,31-20-. The summed E-state index contributed by atoms with van der Waals surface area (Å²) in [7, 11) is 0. The molecule has 2 aliphatic heterocycles. The second-order valence-corrected chi connectivity index (χ2v) is 21.2. The van der Waals surface area contributed by atoms with E-state index in [0.29, 0.717) is 13.0 Å². The summed E-state index contributed by atoms with van der Waals surface area (Å²) in [5.74, 6) is -0.390. The van der Waals surface area contributed by atoms with Crippen molar-refractivity contribution < 1.29 is 69.0 Å². The van der Waals surface area contributed by atoms with Crippen molar-refractivity contribution in [1.82, 2.24) is 0 Å². The molecule has 0 spiro atoms. The van der Waals surface area contributed by atoms with E-state index >= 15 is 0 Å². The van der Waals surface area contributed by atoms with Crippen LogP contribution in [0, 0.1) is 0 Å². The summed E-state index contributed by atoms with van der Waals surface area (Å²) in [6.07, 6.45) is 44.2. The zero-order valence-corrected chi connectivity index (χ0v) is 47.5. The second kappa shape index (κ2) is 48.6. The SMILES string of the molecule is CCCCCC/C=C\C/C=C\CCCCCCCC(=O)OC(COCCCCCCCCCCCCC/C=C\C/C=C\C/C=C\CCCCCCC)COC1OC(COC2OC(CO)C(O)C(O)C2O)C(O)C(O)C1O. The van der Waals surface area contributed by atoms with Crippen molar-refractivity contribution in [2.75, 3.05) is 33.0 Å². The molecule has 442 valence electrons. The Morgan fingerprint density at radius 3 is 1.29 bits per heavy atom. The average Bonchev–Trinajstić information content (AvgIpc) is 3.42. The molecule has 7 N–H and O–H groups in total. The van der Waals surface area contributed by atoms with Gasteiger partial charge in [-0.3, -0.25) is 4.79 Å². The van der Waals surface area contributed by atoms with E-state index in [1.54, 1.807) is 0 Å². The van der Waals surface area contributed by atoms with Crippen molar-refractivity contribution in [3.63, 3.8) is 0 Å². The molecule has 0 aromatic rings. The number of carbonyl (C=O) groups excluding carboxylic acids is 1. The summed E-state index contributed by atoms with van der Waals surface area (Å²) < 4.78 is 34.4. The number of ether oxygens (including phenoxy) is 6. The Morgan fingerprint density at radius 2 is 0.816 bits per heavy atom. The average molecular weight is 1080 g/mol. The Kier molecular flexibility index (Phi) is 44.6. The van der Waals surface area contributed by atoms with Crippen LogP contribution in [0.1, 0.15) is 226 Å². The zero-order valence-electron chi connectivity index (χ0n) is 47.5. The Balaban J connectivity index is 1.69. The first-order chi connectivity index (χ1) is 37.1. The summed E-state index contributed by atoms with van der Waals surface area (Å²) in [6.45, 7) is 3.65. The third kappa shape index (κ3) is 34.6. The fraction of sp³-hybridized carbons (Fsp3) is 0.823. The van der Waals surface area contributed by atoms with E-state index < -0.39 is 86.7 Å². The van der Waals surface area contributed by atoms with Gasteiger partial charge in [0.15, 0.2) is 12.6 Å². The van der Waals surface area contributed by atoms with Gasteiger partial charge < -0.3 is 64.2 Å². The highest BCUT2D eigenvalue weighted by atomic mass is 16.7. The fourth-order valence-corrected chi connectivity index (χ4v) is 9.32. The van der Waals surface area contributed by atoms with Gasteiger partial charge >= 0.3 is 5.97 Å². The van der Waals surface area contributed by atoms with Gasteiger partial charge in [-0.15, -0.1) is 0 Å². The first kappa shape index (κ1) is 69.8. The molecule has 2 heterocycles. The number of aliphatic hydroxyl groups is 7. The molecule has 2 saturated heterocycles. The Labute approximate surface area is 460 Å². The molecule has 14 nitrogen and oxygen atoms in total. The van der Waals surface area contributed by atoms with Crippen LogP contribution < -0.4 is 0 Å². The predicted molar refractivity (Wildman–Crippen MR) is 302 cm³/mol. The van der Waals surface area contributed by atoms with Crippen molar-refractivity contribution in [1.29, 1.82) is 0 Å². The third-order valence-electron chi connectivity index (χ3n) is 14.2. The number of hydrogen-bond donors (Lipinski definition) is 7. The number of hydrogen-bond acceptors (Lipinski definition) is 14. The largest absolute Gasteiger partial charge is 0.457 e. The molecule has 76 heavy (non-hydrogen) atoms. The van der Waals surface area contributed by atoms with Gasteiger partial charge in [-0.05, 0) is 83.5 Å². The molecule has 2 aliphatic rings. The third-order valence-corrected chi connectivity index (χ3v) is 14.2. The van der Waals surface area contributed by atoms with Crippen molar-refractivity contribution in [2.24, 2.45) is 0 Å². The van der Waals surface area contributed by atoms with Gasteiger partial charge in [0.2, 0.25) is 0 Å². The molecular formula is C62H110O14. The minimum Gasteiger partial charge on any atom is -0.457 e. The minimum absolute atomic E-state index is 0.0523. The van der Waals surface area contributed by atoms with E-state index in [0.717, 1.165) is 77.0 Å². The summed E-state index contributed by atoms with van der Waals surface area (Å²) in [6, 6.07) is 0. The van der Waals surface area contributed by atoms with E-state index in [2.05, 4.69) is 74.6 Å². The van der Waals surface area contributed by atoms with Crippen molar-refractivity contribution in [3.8, 4) is 0 Å². The first-order valence-corrected chi connectivity index (χ1v) is 30.4. The lowest BCUT2D eigenvalue weighted by Gasteiger charge is -2.42. The lowest BCUT2D eigenvalue weighted by Crippen LogP contribution is -2.61. The summed E-state index contributed by atoms with van der Waals surface area (Å²) in [5, 5.41) is 72.4. The monoisotopic (exact) mass is 1080 g/mol. The van der Waals surface area contributed by atoms with Crippen molar-refractivity contribution in [3.05, 3.63) is 60.8 Å². The number of rotatable bonds is 49. The van der Waals surface area contributed by atoms with E-state index in [9.17, 15) is 40.5 Å². The van der Waals surface area contributed by atoms with Gasteiger partial charge in [0.1, 0.15) is 54.9 Å². The number of allylic oxidation sites excluding steroid dienone is 10. The molecule has 0 saturated carbocycles. The highest BCUT2D eigenvalue weighted by Gasteiger charge is 2.47.